The molecule has 6 nitrogen and oxygen atoms in total. The van der Waals surface area contributed by atoms with E-state index in [2.05, 4.69) is 15.5 Å². The summed E-state index contributed by atoms with van der Waals surface area (Å²) in [4.78, 5) is -0.0388. The fraction of sp³-hybridized carbons (Fsp3) is 0. The number of rotatable bonds is 6. The van der Waals surface area contributed by atoms with E-state index >= 15 is 0 Å². The van der Waals surface area contributed by atoms with Gasteiger partial charge in [0, 0.05) is 0 Å². The number of nitrogens with one attached hydrogen (secondary N) is 2. The van der Waals surface area contributed by atoms with Crippen LogP contribution in [0.5, 0.6) is 0 Å². The van der Waals surface area contributed by atoms with Gasteiger partial charge in [-0.2, -0.15) is 0 Å². The van der Waals surface area contributed by atoms with Crippen molar-refractivity contribution >= 4 is 66.0 Å². The molecular weight excluding hydrogens is 451 g/mol. The second kappa shape index (κ2) is 7.69. The largest absolute Gasteiger partial charge is 0.277 e. The molecular formula is C16H11Cl2N2O4S3. The van der Waals surface area contributed by atoms with E-state index in [9.17, 15) is 16.8 Å². The van der Waals surface area contributed by atoms with E-state index in [1.807, 2.05) is 0 Å². The maximum absolute atomic E-state index is 12.6. The van der Waals surface area contributed by atoms with Crippen molar-refractivity contribution in [3.05, 3.63) is 70.0 Å². The van der Waals surface area contributed by atoms with Gasteiger partial charge in [-0.05, 0) is 41.8 Å². The van der Waals surface area contributed by atoms with Crippen molar-refractivity contribution in [2.45, 2.75) is 9.10 Å². The van der Waals surface area contributed by atoms with Crippen molar-refractivity contribution in [1.82, 2.24) is 0 Å². The number of anilines is 2. The second-order valence-electron chi connectivity index (χ2n) is 5.19. The molecule has 0 bridgehead atoms. The first-order valence-electron chi connectivity index (χ1n) is 7.23. The highest BCUT2D eigenvalue weighted by Crippen LogP contribution is 2.35. The number of sulfonamides is 2. The minimum absolute atomic E-state index is 0.0388. The molecule has 1 radical (unpaired) electrons. The van der Waals surface area contributed by atoms with Gasteiger partial charge in [-0.1, -0.05) is 41.4 Å². The highest BCUT2D eigenvalue weighted by molar-refractivity contribution is 7.94. The van der Waals surface area contributed by atoms with Gasteiger partial charge in [0.25, 0.3) is 20.0 Å². The average molecular weight is 462 g/mol. The summed E-state index contributed by atoms with van der Waals surface area (Å²) in [6.07, 6.45) is 0. The molecule has 0 fully saturated rings. The lowest BCUT2D eigenvalue weighted by atomic mass is 10.3. The van der Waals surface area contributed by atoms with E-state index in [1.165, 1.54) is 36.4 Å². The summed E-state index contributed by atoms with van der Waals surface area (Å²) < 4.78 is 54.8. The van der Waals surface area contributed by atoms with Crippen LogP contribution in [0.1, 0.15) is 0 Å². The Morgan fingerprint density at radius 3 is 2.04 bits per heavy atom. The third-order valence-corrected chi connectivity index (χ3v) is 8.15. The second-order valence-corrected chi connectivity index (χ2v) is 10.5. The van der Waals surface area contributed by atoms with Gasteiger partial charge in [0.15, 0.2) is 0 Å². The molecule has 0 saturated heterocycles. The Morgan fingerprint density at radius 1 is 0.889 bits per heavy atom. The molecule has 11 heteroatoms. The molecule has 0 spiro atoms. The van der Waals surface area contributed by atoms with E-state index in [0.717, 1.165) is 11.3 Å². The van der Waals surface area contributed by atoms with Gasteiger partial charge in [0.05, 0.1) is 26.3 Å². The van der Waals surface area contributed by atoms with Crippen molar-refractivity contribution in [3.63, 3.8) is 0 Å². The average Bonchev–Trinajstić information content (AvgIpc) is 3.15. The molecule has 141 valence electrons. The summed E-state index contributed by atoms with van der Waals surface area (Å²) >= 11 is 13.0. The lowest BCUT2D eigenvalue weighted by Gasteiger charge is -2.15. The molecule has 3 aromatic rings. The summed E-state index contributed by atoms with van der Waals surface area (Å²) in [5.41, 5.74) is -0.116. The predicted octanol–water partition coefficient (Wildman–Crippen LogP) is 4.46. The van der Waals surface area contributed by atoms with Gasteiger partial charge < -0.3 is 0 Å². The van der Waals surface area contributed by atoms with Crippen molar-refractivity contribution < 1.29 is 16.8 Å². The lowest BCUT2D eigenvalue weighted by molar-refractivity contribution is 0.599. The van der Waals surface area contributed by atoms with Gasteiger partial charge >= 0.3 is 0 Å². The Morgan fingerprint density at radius 2 is 1.52 bits per heavy atom. The minimum Gasteiger partial charge on any atom is -0.277 e. The maximum Gasteiger partial charge on any atom is 0.271 e. The van der Waals surface area contributed by atoms with Crippen LogP contribution in [0.25, 0.3) is 0 Å². The lowest BCUT2D eigenvalue weighted by Crippen LogP contribution is -2.17. The van der Waals surface area contributed by atoms with Crippen LogP contribution >= 0.6 is 34.5 Å². The molecule has 0 aliphatic rings. The molecule has 0 aliphatic carbocycles. The first-order valence-corrected chi connectivity index (χ1v) is 11.8. The van der Waals surface area contributed by atoms with Crippen LogP contribution in [0.15, 0.2) is 63.0 Å². The van der Waals surface area contributed by atoms with Gasteiger partial charge in [-0.15, -0.1) is 11.3 Å². The summed E-state index contributed by atoms with van der Waals surface area (Å²) in [6.45, 7) is 0. The molecule has 0 aliphatic heterocycles. The molecule has 1 heterocycles. The zero-order valence-corrected chi connectivity index (χ0v) is 17.3. The van der Waals surface area contributed by atoms with Crippen LogP contribution in [0.2, 0.25) is 10.0 Å². The molecule has 1 aromatic heterocycles. The van der Waals surface area contributed by atoms with Crippen molar-refractivity contribution in [2.75, 3.05) is 9.44 Å². The standard InChI is InChI=1S/C16H11Cl2N2O4S3/c17-12-9-14(19-26(21,22)11-5-2-1-3-6-11)15(10-13(12)18)20-27(23,24)16-7-4-8-25-16/h1-2,4-10,19-20H. The molecule has 27 heavy (non-hydrogen) atoms. The monoisotopic (exact) mass is 461 g/mol. The van der Waals surface area contributed by atoms with Gasteiger partial charge in [0.2, 0.25) is 0 Å². The van der Waals surface area contributed by atoms with E-state index in [0.29, 0.717) is 0 Å². The van der Waals surface area contributed by atoms with E-state index in [1.54, 1.807) is 17.5 Å². The van der Waals surface area contributed by atoms with Crippen LogP contribution in [0.3, 0.4) is 0 Å². The summed E-state index contributed by atoms with van der Waals surface area (Å²) in [6, 6.07) is 13.9. The predicted molar refractivity (Wildman–Crippen MR) is 108 cm³/mol. The number of hydrogen-bond acceptors (Lipinski definition) is 5. The molecule has 0 saturated carbocycles. The molecule has 0 unspecified atom stereocenters. The Balaban J connectivity index is 2.02. The number of halogens is 2. The van der Waals surface area contributed by atoms with Gasteiger partial charge in [-0.25, -0.2) is 16.8 Å². The Kier molecular flexibility index (Phi) is 5.68. The van der Waals surface area contributed by atoms with Gasteiger partial charge in [-0.3, -0.25) is 9.44 Å². The summed E-state index contributed by atoms with van der Waals surface area (Å²) in [7, 11) is -7.91. The van der Waals surface area contributed by atoms with Gasteiger partial charge in [0.1, 0.15) is 4.21 Å². The summed E-state index contributed by atoms with van der Waals surface area (Å²) in [5, 5.41) is 1.74. The van der Waals surface area contributed by atoms with Crippen molar-refractivity contribution in [1.29, 1.82) is 0 Å². The zero-order valence-electron chi connectivity index (χ0n) is 13.3. The van der Waals surface area contributed by atoms with Crippen molar-refractivity contribution in [2.24, 2.45) is 0 Å². The quantitative estimate of drug-likeness (QED) is 0.566. The smallest absolute Gasteiger partial charge is 0.271 e. The Bertz CT molecular complexity index is 1160. The third kappa shape index (κ3) is 4.56. The van der Waals surface area contributed by atoms with Crippen LogP contribution < -0.4 is 9.44 Å². The molecule has 2 N–H and O–H groups in total. The molecule has 0 atom stereocenters. The van der Waals surface area contributed by atoms with Crippen LogP contribution in [0, 0.1) is 6.07 Å². The zero-order chi connectivity index (χ0) is 19.7. The first-order chi connectivity index (χ1) is 12.7. The fourth-order valence-corrected chi connectivity index (χ4v) is 5.52. The SMILES string of the molecule is O=S(=O)(Nc1cc(Cl)c(Cl)cc1NS(=O)(=O)c1cccs1)c1c[c]ccc1. The van der Waals surface area contributed by atoms with Crippen LogP contribution in [-0.4, -0.2) is 16.8 Å². The van der Waals surface area contributed by atoms with E-state index in [4.69, 9.17) is 23.2 Å². The van der Waals surface area contributed by atoms with Crippen molar-refractivity contribution in [3.8, 4) is 0 Å². The normalized spacial score (nSPS) is 11.9. The number of hydrogen-bond donors (Lipinski definition) is 2. The minimum atomic E-state index is -3.99. The Hall–Kier alpha value is -1.78. The van der Waals surface area contributed by atoms with E-state index in [-0.39, 0.29) is 30.5 Å². The van der Waals surface area contributed by atoms with Crippen LogP contribution in [-0.2, 0) is 20.0 Å². The van der Waals surface area contributed by atoms with Crippen LogP contribution in [0.4, 0.5) is 11.4 Å². The molecule has 3 rings (SSSR count). The number of thiophene rings is 1. The number of benzene rings is 2. The molecule has 0 amide bonds. The Labute approximate surface area is 170 Å². The maximum atomic E-state index is 12.6. The summed E-state index contributed by atoms with van der Waals surface area (Å²) in [5.74, 6) is 0. The highest BCUT2D eigenvalue weighted by Gasteiger charge is 2.21. The van der Waals surface area contributed by atoms with E-state index < -0.39 is 20.0 Å². The third-order valence-electron chi connectivity index (χ3n) is 3.30. The highest BCUT2D eigenvalue weighted by atomic mass is 35.5. The topological polar surface area (TPSA) is 92.3 Å². The fourth-order valence-electron chi connectivity index (χ4n) is 2.07. The first kappa shape index (κ1) is 20.0. The molecule has 2 aromatic carbocycles.